The van der Waals surface area contributed by atoms with Gasteiger partial charge in [-0.2, -0.15) is 0 Å². The summed E-state index contributed by atoms with van der Waals surface area (Å²) in [7, 11) is 0. The van der Waals surface area contributed by atoms with Crippen LogP contribution < -0.4 is 10.6 Å². The van der Waals surface area contributed by atoms with E-state index in [0.717, 1.165) is 43.2 Å². The molecular weight excluding hydrogens is 314 g/mol. The van der Waals surface area contributed by atoms with Crippen LogP contribution in [-0.2, 0) is 11.2 Å². The lowest BCUT2D eigenvalue weighted by Gasteiger charge is -2.34. The van der Waals surface area contributed by atoms with Gasteiger partial charge in [0.15, 0.2) is 0 Å². The number of aromatic nitrogens is 1. The molecule has 6 heteroatoms. The Bertz CT molecular complexity index is 615. The Morgan fingerprint density at radius 2 is 2.23 bits per heavy atom. The van der Waals surface area contributed by atoms with Crippen molar-refractivity contribution in [3.05, 3.63) is 28.6 Å². The van der Waals surface area contributed by atoms with Crippen LogP contribution in [0.15, 0.2) is 22.9 Å². The molecule has 4 nitrogen and oxygen atoms in total. The van der Waals surface area contributed by atoms with Crippen molar-refractivity contribution >= 4 is 28.6 Å². The van der Waals surface area contributed by atoms with E-state index in [-0.39, 0.29) is 11.3 Å². The van der Waals surface area contributed by atoms with E-state index in [0.29, 0.717) is 6.42 Å². The number of thiophene rings is 1. The summed E-state index contributed by atoms with van der Waals surface area (Å²) in [4.78, 5) is 17.9. The van der Waals surface area contributed by atoms with E-state index in [1.165, 1.54) is 4.88 Å². The summed E-state index contributed by atoms with van der Waals surface area (Å²) in [5, 5.41) is 11.5. The second-order valence-electron chi connectivity index (χ2n) is 6.14. The van der Waals surface area contributed by atoms with E-state index in [2.05, 4.69) is 28.6 Å². The molecule has 0 atom stereocenters. The molecule has 3 rings (SSSR count). The standard InChI is InChI=1S/C16H21N3OS2/c1-16(4-6-17-7-5-16)11-18-14(20)9-12-10-22-15(19-12)13-3-2-8-21-13/h2-3,8,10,17H,4-7,9,11H2,1H3,(H,18,20). The van der Waals surface area contributed by atoms with Gasteiger partial charge in [-0.05, 0) is 42.8 Å². The minimum atomic E-state index is 0.0720. The zero-order chi connectivity index (χ0) is 15.4. The number of nitrogens with zero attached hydrogens (tertiary/aromatic N) is 1. The predicted octanol–water partition coefficient (Wildman–Crippen LogP) is 2.92. The second kappa shape index (κ2) is 6.89. The molecule has 22 heavy (non-hydrogen) atoms. The third-order valence-corrected chi connectivity index (χ3v) is 6.08. The van der Waals surface area contributed by atoms with Gasteiger partial charge in [-0.15, -0.1) is 22.7 Å². The number of carbonyl (C=O) groups is 1. The number of piperidine rings is 1. The summed E-state index contributed by atoms with van der Waals surface area (Å²) >= 11 is 3.28. The van der Waals surface area contributed by atoms with Crippen LogP contribution in [0.1, 0.15) is 25.5 Å². The lowest BCUT2D eigenvalue weighted by molar-refractivity contribution is -0.121. The normalized spacial score (nSPS) is 17.3. The van der Waals surface area contributed by atoms with E-state index in [9.17, 15) is 4.79 Å². The molecule has 0 aliphatic carbocycles. The van der Waals surface area contributed by atoms with E-state index in [1.54, 1.807) is 22.7 Å². The number of hydrogen-bond acceptors (Lipinski definition) is 5. The maximum Gasteiger partial charge on any atom is 0.226 e. The first-order valence-corrected chi connectivity index (χ1v) is 9.36. The third-order valence-electron chi connectivity index (χ3n) is 4.15. The van der Waals surface area contributed by atoms with Crippen LogP contribution in [0.25, 0.3) is 9.88 Å². The molecule has 2 aromatic heterocycles. The highest BCUT2D eigenvalue weighted by Gasteiger charge is 2.27. The van der Waals surface area contributed by atoms with E-state index < -0.39 is 0 Å². The minimum absolute atomic E-state index is 0.0720. The molecule has 0 saturated carbocycles. The second-order valence-corrected chi connectivity index (χ2v) is 7.94. The summed E-state index contributed by atoms with van der Waals surface area (Å²) in [6.45, 7) is 5.10. The van der Waals surface area contributed by atoms with Gasteiger partial charge in [0.25, 0.3) is 0 Å². The van der Waals surface area contributed by atoms with E-state index in [1.807, 2.05) is 16.8 Å². The Labute approximate surface area is 139 Å². The van der Waals surface area contributed by atoms with Crippen molar-refractivity contribution in [1.29, 1.82) is 0 Å². The minimum Gasteiger partial charge on any atom is -0.355 e. The molecule has 3 heterocycles. The number of thiazole rings is 1. The van der Waals surface area contributed by atoms with Crippen molar-refractivity contribution in [3.63, 3.8) is 0 Å². The van der Waals surface area contributed by atoms with Crippen LogP contribution in [0, 0.1) is 5.41 Å². The molecule has 0 unspecified atom stereocenters. The summed E-state index contributed by atoms with van der Waals surface area (Å²) in [5.74, 6) is 0.0720. The fourth-order valence-corrected chi connectivity index (χ4v) is 4.28. The lowest BCUT2D eigenvalue weighted by atomic mass is 9.81. The van der Waals surface area contributed by atoms with Crippen LogP contribution in [0.3, 0.4) is 0 Å². The Balaban J connectivity index is 1.51. The maximum absolute atomic E-state index is 12.1. The van der Waals surface area contributed by atoms with Gasteiger partial charge >= 0.3 is 0 Å². The first-order chi connectivity index (χ1) is 10.6. The smallest absolute Gasteiger partial charge is 0.226 e. The van der Waals surface area contributed by atoms with Crippen molar-refractivity contribution in [3.8, 4) is 9.88 Å². The highest BCUT2D eigenvalue weighted by atomic mass is 32.1. The van der Waals surface area contributed by atoms with E-state index >= 15 is 0 Å². The molecule has 1 amide bonds. The molecule has 1 aliphatic rings. The van der Waals surface area contributed by atoms with E-state index in [4.69, 9.17) is 0 Å². The zero-order valence-corrected chi connectivity index (χ0v) is 14.4. The number of rotatable bonds is 5. The summed E-state index contributed by atoms with van der Waals surface area (Å²) in [6, 6.07) is 4.08. The van der Waals surface area contributed by atoms with Gasteiger partial charge in [0.1, 0.15) is 5.01 Å². The Morgan fingerprint density at radius 1 is 1.41 bits per heavy atom. The average Bonchev–Trinajstić information content (AvgIpc) is 3.17. The van der Waals surface area contributed by atoms with Gasteiger partial charge in [0.05, 0.1) is 17.0 Å². The molecule has 0 bridgehead atoms. The van der Waals surface area contributed by atoms with Crippen molar-refractivity contribution < 1.29 is 4.79 Å². The molecule has 2 aromatic rings. The predicted molar refractivity (Wildman–Crippen MR) is 92.4 cm³/mol. The van der Waals surface area contributed by atoms with Crippen LogP contribution in [0.5, 0.6) is 0 Å². The summed E-state index contributed by atoms with van der Waals surface area (Å²) in [5.41, 5.74) is 1.09. The van der Waals surface area contributed by atoms with Gasteiger partial charge < -0.3 is 10.6 Å². The van der Waals surface area contributed by atoms with Crippen LogP contribution >= 0.6 is 22.7 Å². The van der Waals surface area contributed by atoms with Gasteiger partial charge in [0, 0.05) is 11.9 Å². The third kappa shape index (κ3) is 3.94. The number of carbonyl (C=O) groups excluding carboxylic acids is 1. The Hall–Kier alpha value is -1.24. The summed E-state index contributed by atoms with van der Waals surface area (Å²) < 4.78 is 0. The van der Waals surface area contributed by atoms with Crippen LogP contribution in [0.4, 0.5) is 0 Å². The molecule has 1 fully saturated rings. The fraction of sp³-hybridized carbons (Fsp3) is 0.500. The highest BCUT2D eigenvalue weighted by Crippen LogP contribution is 2.28. The highest BCUT2D eigenvalue weighted by molar-refractivity contribution is 7.20. The number of amides is 1. The van der Waals surface area contributed by atoms with Gasteiger partial charge in [0.2, 0.25) is 5.91 Å². The molecule has 0 spiro atoms. The van der Waals surface area contributed by atoms with Gasteiger partial charge in [-0.1, -0.05) is 13.0 Å². The van der Waals surface area contributed by atoms with Crippen molar-refractivity contribution in [2.75, 3.05) is 19.6 Å². The fourth-order valence-electron chi connectivity index (χ4n) is 2.65. The lowest BCUT2D eigenvalue weighted by Crippen LogP contribution is -2.43. The molecule has 1 aliphatic heterocycles. The molecule has 118 valence electrons. The first-order valence-electron chi connectivity index (χ1n) is 7.60. The number of hydrogen-bond donors (Lipinski definition) is 2. The molecule has 0 radical (unpaired) electrons. The average molecular weight is 335 g/mol. The molecule has 1 saturated heterocycles. The Kier molecular flexibility index (Phi) is 4.90. The van der Waals surface area contributed by atoms with Crippen molar-refractivity contribution in [2.45, 2.75) is 26.2 Å². The summed E-state index contributed by atoms with van der Waals surface area (Å²) in [6.07, 6.45) is 2.61. The topological polar surface area (TPSA) is 54.0 Å². The van der Waals surface area contributed by atoms with Crippen molar-refractivity contribution in [2.24, 2.45) is 5.41 Å². The maximum atomic E-state index is 12.1. The molecular formula is C16H21N3OS2. The SMILES string of the molecule is CC1(CNC(=O)Cc2csc(-c3cccs3)n2)CCNCC1. The zero-order valence-electron chi connectivity index (χ0n) is 12.7. The van der Waals surface area contributed by atoms with Crippen LogP contribution in [0.2, 0.25) is 0 Å². The molecule has 0 aromatic carbocycles. The molecule has 2 N–H and O–H groups in total. The van der Waals surface area contributed by atoms with Crippen molar-refractivity contribution in [1.82, 2.24) is 15.6 Å². The number of nitrogens with one attached hydrogen (secondary N) is 2. The largest absolute Gasteiger partial charge is 0.355 e. The van der Waals surface area contributed by atoms with Crippen LogP contribution in [-0.4, -0.2) is 30.5 Å². The first kappa shape index (κ1) is 15.6. The Morgan fingerprint density at radius 3 is 2.95 bits per heavy atom. The van der Waals surface area contributed by atoms with Gasteiger partial charge in [-0.3, -0.25) is 4.79 Å². The van der Waals surface area contributed by atoms with Gasteiger partial charge in [-0.25, -0.2) is 4.98 Å². The monoisotopic (exact) mass is 335 g/mol. The quantitative estimate of drug-likeness (QED) is 0.883.